The topological polar surface area (TPSA) is 70.4 Å². The van der Waals surface area contributed by atoms with E-state index in [0.29, 0.717) is 0 Å². The van der Waals surface area contributed by atoms with Gasteiger partial charge in [0.05, 0.1) is 5.52 Å². The maximum atomic E-state index is 6.20. The third kappa shape index (κ3) is 3.37. The van der Waals surface area contributed by atoms with Crippen molar-refractivity contribution in [2.24, 2.45) is 0 Å². The fourth-order valence-corrected chi connectivity index (χ4v) is 2.41. The zero-order valence-electron chi connectivity index (χ0n) is 9.57. The number of nitrogens with two attached hydrogens (primary N) is 1. The van der Waals surface area contributed by atoms with Crippen molar-refractivity contribution < 1.29 is 5.48 Å². The Morgan fingerprint density at radius 2 is 1.63 bits per heavy atom. The van der Waals surface area contributed by atoms with Gasteiger partial charge in [-0.3, -0.25) is 4.98 Å². The molecule has 1 aliphatic carbocycles. The van der Waals surface area contributed by atoms with Crippen molar-refractivity contribution in [1.82, 2.24) is 4.98 Å². The first kappa shape index (κ1) is 20.0. The Labute approximate surface area is 122 Å². The van der Waals surface area contributed by atoms with Gasteiger partial charge in [0.25, 0.3) is 0 Å². The largest absolute Gasteiger partial charge is 0.412 e. The van der Waals surface area contributed by atoms with Crippen LogP contribution in [0.4, 0.5) is 5.69 Å². The first-order chi connectivity index (χ1) is 7.36. The number of benzene rings is 1. The van der Waals surface area contributed by atoms with Gasteiger partial charge >= 0.3 is 0 Å². The zero-order chi connectivity index (χ0) is 10.3. The lowest BCUT2D eigenvalue weighted by molar-refractivity contribution is 0.673. The van der Waals surface area contributed by atoms with Gasteiger partial charge in [-0.1, -0.05) is 33.1 Å². The third-order valence-corrected chi connectivity index (χ3v) is 3.21. The standard InChI is InChI=1S/C13H14N2.2CH4.ClH.H2O/c14-13-9-5-1-3-7-11(9)15-12-8-4-2-6-10(12)13;;;;/h1,3,5,7H,2,4,6,8H2,(H2,14,15);2*1H4;1H;1H2. The molecule has 0 saturated heterocycles. The number of aryl methyl sites for hydroxylation is 1. The smallest absolute Gasteiger partial charge is 0.0726 e. The maximum Gasteiger partial charge on any atom is 0.0726 e. The van der Waals surface area contributed by atoms with Crippen molar-refractivity contribution in [3.05, 3.63) is 35.5 Å². The van der Waals surface area contributed by atoms with Crippen LogP contribution >= 0.6 is 12.4 Å². The summed E-state index contributed by atoms with van der Waals surface area (Å²) in [6.45, 7) is 0. The summed E-state index contributed by atoms with van der Waals surface area (Å²) in [5.74, 6) is 0. The van der Waals surface area contributed by atoms with E-state index >= 15 is 0 Å². The summed E-state index contributed by atoms with van der Waals surface area (Å²) in [5, 5.41) is 1.11. The van der Waals surface area contributed by atoms with Crippen LogP contribution < -0.4 is 5.73 Å². The number of para-hydroxylation sites is 1. The lowest BCUT2D eigenvalue weighted by atomic mass is 9.93. The normalized spacial score (nSPS) is 12.0. The van der Waals surface area contributed by atoms with Crippen LogP contribution in [0.5, 0.6) is 0 Å². The van der Waals surface area contributed by atoms with E-state index in [4.69, 9.17) is 10.7 Å². The van der Waals surface area contributed by atoms with Crippen molar-refractivity contribution in [2.45, 2.75) is 40.5 Å². The zero-order valence-corrected chi connectivity index (χ0v) is 10.4. The molecule has 3 rings (SSSR count). The van der Waals surface area contributed by atoms with E-state index in [1.807, 2.05) is 18.2 Å². The number of fused-ring (bicyclic) bond motifs is 2. The summed E-state index contributed by atoms with van der Waals surface area (Å²) in [5.41, 5.74) is 10.7. The van der Waals surface area contributed by atoms with Crippen LogP contribution in [-0.2, 0) is 12.8 Å². The van der Waals surface area contributed by atoms with Gasteiger partial charge < -0.3 is 11.2 Å². The van der Waals surface area contributed by atoms with E-state index in [1.54, 1.807) is 0 Å². The Balaban J connectivity index is 0. The molecule has 3 nitrogen and oxygen atoms in total. The van der Waals surface area contributed by atoms with Gasteiger partial charge in [0.1, 0.15) is 0 Å². The van der Waals surface area contributed by atoms with Gasteiger partial charge in [-0.05, 0) is 37.3 Å². The van der Waals surface area contributed by atoms with Gasteiger partial charge in [-0.2, -0.15) is 0 Å². The van der Waals surface area contributed by atoms with Crippen LogP contribution in [0.2, 0.25) is 0 Å². The molecule has 4 N–H and O–H groups in total. The van der Waals surface area contributed by atoms with Crippen molar-refractivity contribution in [2.75, 3.05) is 5.73 Å². The fraction of sp³-hybridized carbons (Fsp3) is 0.400. The van der Waals surface area contributed by atoms with Crippen molar-refractivity contribution >= 4 is 29.0 Å². The second kappa shape index (κ2) is 7.97. The molecule has 0 spiro atoms. The van der Waals surface area contributed by atoms with E-state index < -0.39 is 0 Å². The highest BCUT2D eigenvalue weighted by Crippen LogP contribution is 2.30. The number of hydrogen-bond acceptors (Lipinski definition) is 2. The van der Waals surface area contributed by atoms with E-state index in [2.05, 4.69) is 6.07 Å². The first-order valence-corrected chi connectivity index (χ1v) is 5.52. The molecule has 0 bridgehead atoms. The number of hydrogen-bond donors (Lipinski definition) is 1. The Morgan fingerprint density at radius 3 is 2.37 bits per heavy atom. The fourth-order valence-electron chi connectivity index (χ4n) is 2.41. The van der Waals surface area contributed by atoms with Crippen LogP contribution in [-0.4, -0.2) is 10.5 Å². The molecular weight excluding hydrogens is 260 g/mol. The Bertz CT molecular complexity index is 529. The summed E-state index contributed by atoms with van der Waals surface area (Å²) in [7, 11) is 0. The summed E-state index contributed by atoms with van der Waals surface area (Å²) in [6.07, 6.45) is 4.68. The van der Waals surface area contributed by atoms with Crippen LogP contribution in [0.1, 0.15) is 39.0 Å². The van der Waals surface area contributed by atoms with Gasteiger partial charge in [0.15, 0.2) is 0 Å². The SMILES string of the molecule is C.C.Cl.Nc1c2c(nc3ccccc13)CCCC2.O. The number of aromatic nitrogens is 1. The van der Waals surface area contributed by atoms with Gasteiger partial charge in [0, 0.05) is 16.8 Å². The van der Waals surface area contributed by atoms with Gasteiger partial charge in [-0.25, -0.2) is 0 Å². The molecule has 0 unspecified atom stereocenters. The summed E-state index contributed by atoms with van der Waals surface area (Å²) < 4.78 is 0. The summed E-state index contributed by atoms with van der Waals surface area (Å²) in [4.78, 5) is 4.70. The molecule has 19 heavy (non-hydrogen) atoms. The molecule has 1 heterocycles. The molecule has 1 aromatic heterocycles. The minimum absolute atomic E-state index is 0. The van der Waals surface area contributed by atoms with Crippen LogP contribution in [0.3, 0.4) is 0 Å². The van der Waals surface area contributed by atoms with E-state index in [1.165, 1.54) is 24.1 Å². The number of halogens is 1. The summed E-state index contributed by atoms with van der Waals surface area (Å²) >= 11 is 0. The monoisotopic (exact) mass is 284 g/mol. The first-order valence-electron chi connectivity index (χ1n) is 5.52. The maximum absolute atomic E-state index is 6.20. The number of anilines is 1. The molecule has 1 aromatic carbocycles. The Hall–Kier alpha value is -1.32. The predicted octanol–water partition coefficient (Wildman–Crippen LogP) is 3.57. The molecule has 0 saturated carbocycles. The number of nitrogens with zero attached hydrogens (tertiary/aromatic N) is 1. The van der Waals surface area contributed by atoms with Crippen molar-refractivity contribution in [1.29, 1.82) is 0 Å². The van der Waals surface area contributed by atoms with E-state index in [9.17, 15) is 0 Å². The molecular formula is C15H25ClN2O. The highest BCUT2D eigenvalue weighted by molar-refractivity contribution is 5.92. The second-order valence-electron chi connectivity index (χ2n) is 4.17. The lowest BCUT2D eigenvalue weighted by Crippen LogP contribution is -2.09. The van der Waals surface area contributed by atoms with E-state index in [0.717, 1.165) is 29.4 Å². The highest BCUT2D eigenvalue weighted by Gasteiger charge is 2.15. The van der Waals surface area contributed by atoms with Crippen molar-refractivity contribution in [3.63, 3.8) is 0 Å². The molecule has 108 valence electrons. The molecule has 0 radical (unpaired) electrons. The average Bonchev–Trinajstić information content (AvgIpc) is 2.30. The van der Waals surface area contributed by atoms with Crippen LogP contribution in [0.15, 0.2) is 24.3 Å². The second-order valence-corrected chi connectivity index (χ2v) is 4.17. The molecule has 4 heteroatoms. The third-order valence-electron chi connectivity index (χ3n) is 3.21. The number of pyridine rings is 1. The Kier molecular flexibility index (Phi) is 8.40. The molecule has 0 amide bonds. The number of rotatable bonds is 0. The number of nitrogen functional groups attached to an aromatic ring is 1. The lowest BCUT2D eigenvalue weighted by Gasteiger charge is -2.18. The molecule has 0 aliphatic heterocycles. The summed E-state index contributed by atoms with van der Waals surface area (Å²) in [6, 6.07) is 8.15. The van der Waals surface area contributed by atoms with Crippen molar-refractivity contribution in [3.8, 4) is 0 Å². The average molecular weight is 285 g/mol. The molecule has 2 aromatic rings. The quantitative estimate of drug-likeness (QED) is 0.803. The van der Waals surface area contributed by atoms with Gasteiger partial charge in [0.2, 0.25) is 0 Å². The molecule has 0 atom stereocenters. The molecule has 1 aliphatic rings. The predicted molar refractivity (Wildman–Crippen MR) is 87.1 cm³/mol. The minimum Gasteiger partial charge on any atom is -0.412 e. The van der Waals surface area contributed by atoms with Crippen LogP contribution in [0, 0.1) is 0 Å². The highest BCUT2D eigenvalue weighted by atomic mass is 35.5. The Morgan fingerprint density at radius 1 is 1.00 bits per heavy atom. The minimum atomic E-state index is 0. The van der Waals surface area contributed by atoms with E-state index in [-0.39, 0.29) is 32.7 Å². The molecule has 0 fully saturated rings. The van der Waals surface area contributed by atoms with Crippen LogP contribution in [0.25, 0.3) is 10.9 Å². The van der Waals surface area contributed by atoms with Gasteiger partial charge in [-0.15, -0.1) is 12.4 Å².